The van der Waals surface area contributed by atoms with Gasteiger partial charge >= 0.3 is 5.97 Å². The SMILES string of the molecule is NC(=O)c1cccc(COC(=O)c2cccc(Cl)c2N)c1. The minimum Gasteiger partial charge on any atom is -0.457 e. The van der Waals surface area contributed by atoms with E-state index in [2.05, 4.69) is 0 Å². The van der Waals surface area contributed by atoms with Crippen molar-refractivity contribution in [2.45, 2.75) is 6.61 Å². The molecule has 0 heterocycles. The standard InChI is InChI=1S/C15H13ClN2O3/c16-12-6-2-5-11(13(12)17)15(20)21-8-9-3-1-4-10(7-9)14(18)19/h1-7H,8,17H2,(H2,18,19). The zero-order valence-electron chi connectivity index (χ0n) is 11.0. The Morgan fingerprint density at radius 1 is 1.14 bits per heavy atom. The molecule has 0 aliphatic carbocycles. The number of ether oxygens (including phenoxy) is 1. The zero-order valence-corrected chi connectivity index (χ0v) is 11.8. The second-order valence-corrected chi connectivity index (χ2v) is 4.75. The lowest BCUT2D eigenvalue weighted by atomic mass is 10.1. The number of primary amides is 1. The van der Waals surface area contributed by atoms with Crippen LogP contribution in [0, 0.1) is 0 Å². The van der Waals surface area contributed by atoms with E-state index >= 15 is 0 Å². The molecular formula is C15H13ClN2O3. The zero-order chi connectivity index (χ0) is 15.4. The summed E-state index contributed by atoms with van der Waals surface area (Å²) in [7, 11) is 0. The van der Waals surface area contributed by atoms with Crippen LogP contribution < -0.4 is 11.5 Å². The second-order valence-electron chi connectivity index (χ2n) is 4.34. The maximum Gasteiger partial charge on any atom is 0.340 e. The summed E-state index contributed by atoms with van der Waals surface area (Å²) in [6, 6.07) is 11.3. The molecule has 0 bridgehead atoms. The summed E-state index contributed by atoms with van der Waals surface area (Å²) >= 11 is 5.85. The first-order valence-electron chi connectivity index (χ1n) is 6.09. The number of benzene rings is 2. The Balaban J connectivity index is 2.09. The molecule has 0 saturated heterocycles. The molecule has 0 spiro atoms. The van der Waals surface area contributed by atoms with Crippen molar-refractivity contribution in [2.75, 3.05) is 5.73 Å². The Morgan fingerprint density at radius 2 is 1.86 bits per heavy atom. The van der Waals surface area contributed by atoms with Crippen LogP contribution in [0.2, 0.25) is 5.02 Å². The number of carbonyl (C=O) groups excluding carboxylic acids is 2. The van der Waals surface area contributed by atoms with E-state index in [1.807, 2.05) is 0 Å². The first kappa shape index (κ1) is 14.9. The molecule has 0 aliphatic heterocycles. The maximum atomic E-state index is 12.0. The van der Waals surface area contributed by atoms with Gasteiger partial charge < -0.3 is 16.2 Å². The molecule has 0 fully saturated rings. The molecule has 6 heteroatoms. The number of hydrogen-bond donors (Lipinski definition) is 2. The molecule has 0 aromatic heterocycles. The third kappa shape index (κ3) is 3.52. The van der Waals surface area contributed by atoms with Gasteiger partial charge in [-0.05, 0) is 29.8 Å². The van der Waals surface area contributed by atoms with Crippen molar-refractivity contribution in [3.63, 3.8) is 0 Å². The highest BCUT2D eigenvalue weighted by Gasteiger charge is 2.13. The lowest BCUT2D eigenvalue weighted by Gasteiger charge is -2.08. The Bertz CT molecular complexity index is 701. The van der Waals surface area contributed by atoms with Gasteiger partial charge in [0.1, 0.15) is 6.61 Å². The summed E-state index contributed by atoms with van der Waals surface area (Å²) in [6.07, 6.45) is 0. The highest BCUT2D eigenvalue weighted by atomic mass is 35.5. The third-order valence-electron chi connectivity index (χ3n) is 2.85. The van der Waals surface area contributed by atoms with E-state index in [0.717, 1.165) is 0 Å². The number of para-hydroxylation sites is 1. The summed E-state index contributed by atoms with van der Waals surface area (Å²) in [5.74, 6) is -1.12. The molecule has 1 amide bonds. The van der Waals surface area contributed by atoms with Crippen LogP contribution in [0.15, 0.2) is 42.5 Å². The van der Waals surface area contributed by atoms with Crippen LogP contribution in [0.1, 0.15) is 26.3 Å². The Hall–Kier alpha value is -2.53. The molecule has 0 saturated carbocycles. The smallest absolute Gasteiger partial charge is 0.340 e. The van der Waals surface area contributed by atoms with E-state index in [0.29, 0.717) is 16.1 Å². The number of rotatable bonds is 4. The van der Waals surface area contributed by atoms with Crippen LogP contribution in [0.25, 0.3) is 0 Å². The Morgan fingerprint density at radius 3 is 2.57 bits per heavy atom. The molecule has 2 rings (SSSR count). The van der Waals surface area contributed by atoms with Crippen LogP contribution in [0.5, 0.6) is 0 Å². The van der Waals surface area contributed by atoms with Gasteiger partial charge in [-0.1, -0.05) is 29.8 Å². The Kier molecular flexibility index (Phi) is 4.45. The number of esters is 1. The molecule has 0 aliphatic rings. The predicted octanol–water partition coefficient (Wildman–Crippen LogP) is 2.38. The minimum atomic E-state index is -0.584. The van der Waals surface area contributed by atoms with Gasteiger partial charge in [0.2, 0.25) is 5.91 Å². The number of hydrogen-bond acceptors (Lipinski definition) is 4. The summed E-state index contributed by atoms with van der Waals surface area (Å²) < 4.78 is 5.16. The normalized spacial score (nSPS) is 10.1. The van der Waals surface area contributed by atoms with E-state index in [1.54, 1.807) is 36.4 Å². The summed E-state index contributed by atoms with van der Waals surface area (Å²) in [5.41, 5.74) is 12.3. The summed E-state index contributed by atoms with van der Waals surface area (Å²) in [4.78, 5) is 23.0. The van der Waals surface area contributed by atoms with Gasteiger partial charge in [0.05, 0.1) is 16.3 Å². The number of nitrogen functional groups attached to an aromatic ring is 1. The minimum absolute atomic E-state index is 0.00586. The summed E-state index contributed by atoms with van der Waals surface area (Å²) in [6.45, 7) is 0.00586. The van der Waals surface area contributed by atoms with E-state index in [1.165, 1.54) is 6.07 Å². The topological polar surface area (TPSA) is 95.4 Å². The number of halogens is 1. The molecule has 2 aromatic carbocycles. The van der Waals surface area contributed by atoms with Crippen LogP contribution >= 0.6 is 11.6 Å². The first-order chi connectivity index (χ1) is 9.99. The molecule has 0 radical (unpaired) electrons. The number of carbonyl (C=O) groups is 2. The van der Waals surface area contributed by atoms with Gasteiger partial charge in [0.15, 0.2) is 0 Å². The number of amides is 1. The second kappa shape index (κ2) is 6.28. The van der Waals surface area contributed by atoms with Crippen LogP contribution in [-0.4, -0.2) is 11.9 Å². The van der Waals surface area contributed by atoms with E-state index in [9.17, 15) is 9.59 Å². The monoisotopic (exact) mass is 304 g/mol. The van der Waals surface area contributed by atoms with Gasteiger partial charge in [0.25, 0.3) is 0 Å². The lowest BCUT2D eigenvalue weighted by Crippen LogP contribution is -2.12. The average Bonchev–Trinajstić information content (AvgIpc) is 2.48. The van der Waals surface area contributed by atoms with E-state index in [-0.39, 0.29) is 17.9 Å². The maximum absolute atomic E-state index is 12.0. The number of anilines is 1. The van der Waals surface area contributed by atoms with Crippen molar-refractivity contribution < 1.29 is 14.3 Å². The fourth-order valence-electron chi connectivity index (χ4n) is 1.76. The van der Waals surface area contributed by atoms with Crippen LogP contribution in [-0.2, 0) is 11.3 Å². The van der Waals surface area contributed by atoms with Gasteiger partial charge in [-0.15, -0.1) is 0 Å². The molecular weight excluding hydrogens is 292 g/mol. The predicted molar refractivity (Wildman–Crippen MR) is 79.9 cm³/mol. The molecule has 5 nitrogen and oxygen atoms in total. The van der Waals surface area contributed by atoms with E-state index in [4.69, 9.17) is 27.8 Å². The van der Waals surface area contributed by atoms with Crippen molar-refractivity contribution in [2.24, 2.45) is 5.73 Å². The van der Waals surface area contributed by atoms with Gasteiger partial charge in [-0.2, -0.15) is 0 Å². The third-order valence-corrected chi connectivity index (χ3v) is 3.18. The molecule has 0 atom stereocenters. The van der Waals surface area contributed by atoms with Gasteiger partial charge in [0, 0.05) is 5.56 Å². The highest BCUT2D eigenvalue weighted by molar-refractivity contribution is 6.33. The molecule has 21 heavy (non-hydrogen) atoms. The molecule has 108 valence electrons. The fraction of sp³-hybridized carbons (Fsp3) is 0.0667. The molecule has 2 aromatic rings. The number of nitrogens with two attached hydrogens (primary N) is 2. The Labute approximate surface area is 126 Å². The van der Waals surface area contributed by atoms with Crippen LogP contribution in [0.3, 0.4) is 0 Å². The molecule has 0 unspecified atom stereocenters. The largest absolute Gasteiger partial charge is 0.457 e. The van der Waals surface area contributed by atoms with Crippen molar-refractivity contribution in [3.8, 4) is 0 Å². The fourth-order valence-corrected chi connectivity index (χ4v) is 1.93. The quantitative estimate of drug-likeness (QED) is 0.669. The van der Waals surface area contributed by atoms with Crippen molar-refractivity contribution >= 4 is 29.2 Å². The average molecular weight is 305 g/mol. The first-order valence-corrected chi connectivity index (χ1v) is 6.46. The van der Waals surface area contributed by atoms with E-state index < -0.39 is 11.9 Å². The lowest BCUT2D eigenvalue weighted by molar-refractivity contribution is 0.0474. The highest BCUT2D eigenvalue weighted by Crippen LogP contribution is 2.23. The van der Waals surface area contributed by atoms with Crippen LogP contribution in [0.4, 0.5) is 5.69 Å². The van der Waals surface area contributed by atoms with Crippen molar-refractivity contribution in [1.82, 2.24) is 0 Å². The van der Waals surface area contributed by atoms with Gasteiger partial charge in [-0.25, -0.2) is 4.79 Å². The van der Waals surface area contributed by atoms with Crippen molar-refractivity contribution in [3.05, 3.63) is 64.2 Å². The van der Waals surface area contributed by atoms with Crippen molar-refractivity contribution in [1.29, 1.82) is 0 Å². The van der Waals surface area contributed by atoms with Gasteiger partial charge in [-0.3, -0.25) is 4.79 Å². The molecule has 4 N–H and O–H groups in total. The summed E-state index contributed by atoms with van der Waals surface area (Å²) in [5, 5.41) is 0.292.